The van der Waals surface area contributed by atoms with Crippen molar-refractivity contribution < 1.29 is 23.1 Å². The van der Waals surface area contributed by atoms with E-state index in [1.165, 1.54) is 13.2 Å². The molecule has 0 N–H and O–H groups in total. The highest BCUT2D eigenvalue weighted by Gasteiger charge is 2.26. The van der Waals surface area contributed by atoms with Gasteiger partial charge in [-0.15, -0.1) is 6.58 Å². The van der Waals surface area contributed by atoms with E-state index in [1.54, 1.807) is 6.92 Å². The first-order valence-corrected chi connectivity index (χ1v) is 6.47. The molecule has 0 aliphatic carbocycles. The van der Waals surface area contributed by atoms with Crippen LogP contribution in [0.4, 0.5) is 0 Å². The molecule has 0 rings (SSSR count). The Hall–Kier alpha value is -0.900. The molecule has 92 valence electrons. The predicted molar refractivity (Wildman–Crippen MR) is 61.4 cm³/mol. The Labute approximate surface area is 95.6 Å². The molecule has 0 radical (unpaired) electrons. The first-order valence-electron chi connectivity index (χ1n) is 4.74. The van der Waals surface area contributed by atoms with Gasteiger partial charge in [-0.2, -0.15) is 0 Å². The van der Waals surface area contributed by atoms with E-state index in [2.05, 4.69) is 13.2 Å². The average molecular weight is 248 g/mol. The predicted octanol–water partition coefficient (Wildman–Crippen LogP) is 2.15. The third-order valence-electron chi connectivity index (χ3n) is 1.62. The zero-order valence-electron chi connectivity index (χ0n) is 9.60. The molecule has 6 heteroatoms. The molecule has 0 fully saturated rings. The number of carbonyl (C=O) groups excluding carboxylic acids is 1. The molecule has 0 amide bonds. The summed E-state index contributed by atoms with van der Waals surface area (Å²) in [5.74, 6) is -0.595. The Bertz CT molecular complexity index is 310. The van der Waals surface area contributed by atoms with E-state index in [1.807, 2.05) is 0 Å². The molecular formula is C10H17O5P. The van der Waals surface area contributed by atoms with E-state index in [0.717, 1.165) is 0 Å². The van der Waals surface area contributed by atoms with Gasteiger partial charge in [0.1, 0.15) is 0 Å². The molecule has 0 spiro atoms. The van der Waals surface area contributed by atoms with Gasteiger partial charge in [-0.1, -0.05) is 12.7 Å². The summed E-state index contributed by atoms with van der Waals surface area (Å²) in [7, 11) is -2.07. The highest BCUT2D eigenvalue weighted by Crippen LogP contribution is 2.48. The number of carbonyl (C=O) groups is 1. The quantitative estimate of drug-likeness (QED) is 0.285. The van der Waals surface area contributed by atoms with Gasteiger partial charge in [0, 0.05) is 12.7 Å². The second kappa shape index (κ2) is 7.39. The van der Waals surface area contributed by atoms with Crippen LogP contribution in [-0.4, -0.2) is 32.5 Å². The summed E-state index contributed by atoms with van der Waals surface area (Å²) in [6.45, 7) is 8.91. The summed E-state index contributed by atoms with van der Waals surface area (Å²) in [6, 6.07) is 0. The van der Waals surface area contributed by atoms with Crippen molar-refractivity contribution in [2.24, 2.45) is 0 Å². The fourth-order valence-corrected chi connectivity index (χ4v) is 2.12. The lowest BCUT2D eigenvalue weighted by Gasteiger charge is -2.15. The van der Waals surface area contributed by atoms with Crippen molar-refractivity contribution in [3.63, 3.8) is 0 Å². The van der Waals surface area contributed by atoms with Crippen LogP contribution in [0.1, 0.15) is 6.92 Å². The Kier molecular flexibility index (Phi) is 6.97. The van der Waals surface area contributed by atoms with Gasteiger partial charge in [-0.3, -0.25) is 4.57 Å². The molecule has 0 aliphatic rings. The molecule has 0 bridgehead atoms. The zero-order valence-corrected chi connectivity index (χ0v) is 10.5. The standard InChI is InChI=1S/C10H17O5P/c1-5-7-15-16(12,13-4)8-9(3)10(11)14-6-2/h5H,1,3,6-8H2,2,4H3. The van der Waals surface area contributed by atoms with Gasteiger partial charge in [-0.05, 0) is 6.92 Å². The third-order valence-corrected chi connectivity index (χ3v) is 3.48. The largest absolute Gasteiger partial charge is 0.463 e. The maximum Gasteiger partial charge on any atom is 0.335 e. The summed E-state index contributed by atoms with van der Waals surface area (Å²) >= 11 is 0. The van der Waals surface area contributed by atoms with Gasteiger partial charge in [-0.25, -0.2) is 4.79 Å². The van der Waals surface area contributed by atoms with E-state index < -0.39 is 13.6 Å². The van der Waals surface area contributed by atoms with Crippen LogP contribution < -0.4 is 0 Å². The van der Waals surface area contributed by atoms with E-state index in [-0.39, 0.29) is 24.9 Å². The number of rotatable bonds is 8. The lowest BCUT2D eigenvalue weighted by Crippen LogP contribution is -2.11. The van der Waals surface area contributed by atoms with Gasteiger partial charge in [0.15, 0.2) is 0 Å². The SMILES string of the molecule is C=CCOP(=O)(CC(=C)C(=O)OCC)OC. The summed E-state index contributed by atoms with van der Waals surface area (Å²) in [5, 5.41) is 0. The number of hydrogen-bond acceptors (Lipinski definition) is 5. The van der Waals surface area contributed by atoms with Crippen molar-refractivity contribution in [2.75, 3.05) is 26.5 Å². The molecule has 0 heterocycles. The van der Waals surface area contributed by atoms with E-state index in [4.69, 9.17) is 13.8 Å². The van der Waals surface area contributed by atoms with Gasteiger partial charge in [0.2, 0.25) is 0 Å². The maximum atomic E-state index is 11.9. The first-order chi connectivity index (χ1) is 7.49. The Morgan fingerprint density at radius 3 is 2.56 bits per heavy atom. The van der Waals surface area contributed by atoms with Gasteiger partial charge in [0.25, 0.3) is 0 Å². The number of esters is 1. The third kappa shape index (κ3) is 5.26. The van der Waals surface area contributed by atoms with Crippen molar-refractivity contribution in [3.8, 4) is 0 Å². The van der Waals surface area contributed by atoms with Crippen LogP contribution in [0.15, 0.2) is 24.8 Å². The fourth-order valence-electron chi connectivity index (χ4n) is 0.861. The summed E-state index contributed by atoms with van der Waals surface area (Å²) < 4.78 is 26.3. The van der Waals surface area contributed by atoms with Crippen molar-refractivity contribution in [1.29, 1.82) is 0 Å². The van der Waals surface area contributed by atoms with Crippen LogP contribution in [0.2, 0.25) is 0 Å². The monoisotopic (exact) mass is 248 g/mol. The first kappa shape index (κ1) is 15.1. The second-order valence-electron chi connectivity index (χ2n) is 2.86. The topological polar surface area (TPSA) is 61.8 Å². The van der Waals surface area contributed by atoms with Crippen LogP contribution in [-0.2, 0) is 23.1 Å². The fraction of sp³-hybridized carbons (Fsp3) is 0.500. The van der Waals surface area contributed by atoms with Gasteiger partial charge < -0.3 is 13.8 Å². The van der Waals surface area contributed by atoms with Gasteiger partial charge in [0.05, 0.1) is 19.4 Å². The second-order valence-corrected chi connectivity index (χ2v) is 5.02. The van der Waals surface area contributed by atoms with Crippen molar-refractivity contribution in [3.05, 3.63) is 24.8 Å². The Morgan fingerprint density at radius 1 is 1.50 bits per heavy atom. The Balaban J connectivity index is 4.41. The van der Waals surface area contributed by atoms with Crippen LogP contribution in [0.3, 0.4) is 0 Å². The molecule has 0 aromatic rings. The molecule has 1 atom stereocenters. The van der Waals surface area contributed by atoms with Crippen molar-refractivity contribution in [1.82, 2.24) is 0 Å². The molecular weight excluding hydrogens is 231 g/mol. The zero-order chi connectivity index (χ0) is 12.6. The highest BCUT2D eigenvalue weighted by molar-refractivity contribution is 7.54. The number of hydrogen-bond donors (Lipinski definition) is 0. The minimum absolute atomic E-state index is 0.0658. The lowest BCUT2D eigenvalue weighted by atomic mass is 10.4. The Morgan fingerprint density at radius 2 is 2.12 bits per heavy atom. The average Bonchev–Trinajstić information content (AvgIpc) is 2.26. The van der Waals surface area contributed by atoms with E-state index >= 15 is 0 Å². The summed E-state index contributed by atoms with van der Waals surface area (Å²) in [6.07, 6.45) is 1.26. The minimum Gasteiger partial charge on any atom is -0.463 e. The van der Waals surface area contributed by atoms with E-state index in [9.17, 15) is 9.36 Å². The van der Waals surface area contributed by atoms with Gasteiger partial charge >= 0.3 is 13.6 Å². The molecule has 0 aliphatic heterocycles. The summed E-state index contributed by atoms with van der Waals surface area (Å²) in [5.41, 5.74) is 0.0658. The molecule has 0 aromatic carbocycles. The molecule has 1 unspecified atom stereocenters. The lowest BCUT2D eigenvalue weighted by molar-refractivity contribution is -0.138. The minimum atomic E-state index is -3.32. The van der Waals surface area contributed by atoms with Crippen LogP contribution in [0.5, 0.6) is 0 Å². The van der Waals surface area contributed by atoms with Crippen molar-refractivity contribution in [2.45, 2.75) is 6.92 Å². The maximum absolute atomic E-state index is 11.9. The number of ether oxygens (including phenoxy) is 1. The van der Waals surface area contributed by atoms with Crippen LogP contribution >= 0.6 is 7.60 Å². The van der Waals surface area contributed by atoms with Crippen LogP contribution in [0, 0.1) is 0 Å². The normalized spacial score (nSPS) is 13.9. The van der Waals surface area contributed by atoms with Crippen LogP contribution in [0.25, 0.3) is 0 Å². The highest BCUT2D eigenvalue weighted by atomic mass is 31.2. The van der Waals surface area contributed by atoms with E-state index in [0.29, 0.717) is 0 Å². The smallest absolute Gasteiger partial charge is 0.335 e. The summed E-state index contributed by atoms with van der Waals surface area (Å²) in [4.78, 5) is 11.2. The van der Waals surface area contributed by atoms with Crippen molar-refractivity contribution >= 4 is 13.6 Å². The molecule has 5 nitrogen and oxygen atoms in total. The molecule has 0 saturated carbocycles. The molecule has 0 aromatic heterocycles. The molecule has 16 heavy (non-hydrogen) atoms. The molecule has 0 saturated heterocycles.